The van der Waals surface area contributed by atoms with Gasteiger partial charge in [0, 0.05) is 10.9 Å². The van der Waals surface area contributed by atoms with E-state index in [1.165, 1.54) is 9.56 Å². The number of aromatic nitrogens is 2. The first-order chi connectivity index (χ1) is 11.5. The fourth-order valence-corrected chi connectivity index (χ4v) is 3.26. The van der Waals surface area contributed by atoms with E-state index in [1.807, 2.05) is 44.2 Å². The second-order valence-corrected chi connectivity index (χ2v) is 7.23. The summed E-state index contributed by atoms with van der Waals surface area (Å²) in [7, 11) is 0. The van der Waals surface area contributed by atoms with E-state index >= 15 is 0 Å². The van der Waals surface area contributed by atoms with Crippen LogP contribution >= 0.6 is 11.3 Å². The number of nitrogens with zero attached hydrogens (tertiary/aromatic N) is 2. The van der Waals surface area contributed by atoms with E-state index in [2.05, 4.69) is 18.1 Å². The average Bonchev–Trinajstić information content (AvgIpc) is 2.96. The number of rotatable bonds is 5. The van der Waals surface area contributed by atoms with Crippen LogP contribution in [0.3, 0.4) is 0 Å². The van der Waals surface area contributed by atoms with E-state index in [9.17, 15) is 4.79 Å². The van der Waals surface area contributed by atoms with Crippen LogP contribution in [0.1, 0.15) is 24.3 Å². The van der Waals surface area contributed by atoms with Gasteiger partial charge in [0.2, 0.25) is 0 Å². The lowest BCUT2D eigenvalue weighted by molar-refractivity contribution is 0.242. The molecule has 0 saturated heterocycles. The zero-order valence-electron chi connectivity index (χ0n) is 14.0. The van der Waals surface area contributed by atoms with Gasteiger partial charge in [0.15, 0.2) is 0 Å². The fraction of sp³-hybridized carbons (Fsp3) is 0.263. The topological polar surface area (TPSA) is 44.1 Å². The molecule has 0 fully saturated rings. The summed E-state index contributed by atoms with van der Waals surface area (Å²) in [4.78, 5) is 14.4. The highest BCUT2D eigenvalue weighted by Crippen LogP contribution is 2.25. The summed E-state index contributed by atoms with van der Waals surface area (Å²) in [6.07, 6.45) is 0.117. The Morgan fingerprint density at radius 3 is 2.71 bits per heavy atom. The Hall–Kier alpha value is -2.40. The van der Waals surface area contributed by atoms with Crippen LogP contribution in [0.25, 0.3) is 10.6 Å². The van der Waals surface area contributed by atoms with Crippen molar-refractivity contribution in [3.05, 3.63) is 69.3 Å². The van der Waals surface area contributed by atoms with Gasteiger partial charge in [0.05, 0.1) is 17.5 Å². The van der Waals surface area contributed by atoms with Gasteiger partial charge in [-0.05, 0) is 56.7 Å². The summed E-state index contributed by atoms with van der Waals surface area (Å²) in [5.41, 5.74) is 1.70. The minimum atomic E-state index is -0.109. The number of aryl methyl sites for hydroxylation is 1. The molecule has 124 valence electrons. The molecule has 2 aromatic heterocycles. The van der Waals surface area contributed by atoms with Crippen molar-refractivity contribution in [3.8, 4) is 16.3 Å². The lowest BCUT2D eigenvalue weighted by Crippen LogP contribution is -2.22. The SMILES string of the molecule is Cc1ccc(-c2ccc(=O)n(Cc3cccc(OC(C)C)c3)n2)s1. The first-order valence-corrected chi connectivity index (χ1v) is 8.73. The second-order valence-electron chi connectivity index (χ2n) is 5.94. The van der Waals surface area contributed by atoms with Gasteiger partial charge in [-0.2, -0.15) is 5.10 Å². The van der Waals surface area contributed by atoms with E-state index < -0.39 is 0 Å². The standard InChI is InChI=1S/C19H20N2O2S/c1-13(2)23-16-6-4-5-15(11-16)12-21-19(22)10-8-17(20-21)18-9-7-14(3)24-18/h4-11,13H,12H2,1-3H3. The normalized spacial score (nSPS) is 11.0. The van der Waals surface area contributed by atoms with Crippen molar-refractivity contribution < 1.29 is 4.74 Å². The minimum Gasteiger partial charge on any atom is -0.491 e. The number of hydrogen-bond donors (Lipinski definition) is 0. The predicted molar refractivity (Wildman–Crippen MR) is 97.9 cm³/mol. The number of benzene rings is 1. The zero-order valence-corrected chi connectivity index (χ0v) is 14.8. The first kappa shape index (κ1) is 16.5. The molecule has 4 nitrogen and oxygen atoms in total. The van der Waals surface area contributed by atoms with Crippen molar-refractivity contribution in [1.82, 2.24) is 9.78 Å². The molecule has 0 saturated carbocycles. The molecule has 0 bridgehead atoms. The van der Waals surface area contributed by atoms with E-state index in [1.54, 1.807) is 23.5 Å². The van der Waals surface area contributed by atoms with Crippen LogP contribution in [0, 0.1) is 6.92 Å². The molecule has 0 aliphatic heterocycles. The lowest BCUT2D eigenvalue weighted by atomic mass is 10.2. The van der Waals surface area contributed by atoms with Gasteiger partial charge in [0.1, 0.15) is 11.4 Å². The van der Waals surface area contributed by atoms with Gasteiger partial charge < -0.3 is 4.74 Å². The van der Waals surface area contributed by atoms with E-state index in [0.717, 1.165) is 21.9 Å². The predicted octanol–water partition coefficient (Wildman–Crippen LogP) is 4.12. The fourth-order valence-electron chi connectivity index (χ4n) is 2.43. The quantitative estimate of drug-likeness (QED) is 0.702. The highest BCUT2D eigenvalue weighted by Gasteiger charge is 2.07. The molecule has 0 aliphatic rings. The van der Waals surface area contributed by atoms with Crippen molar-refractivity contribution in [2.45, 2.75) is 33.4 Å². The van der Waals surface area contributed by atoms with Crippen LogP contribution in [0.15, 0.2) is 53.3 Å². The summed E-state index contributed by atoms with van der Waals surface area (Å²) >= 11 is 1.67. The highest BCUT2D eigenvalue weighted by atomic mass is 32.1. The Balaban J connectivity index is 1.88. The number of hydrogen-bond acceptors (Lipinski definition) is 4. The molecule has 0 radical (unpaired) electrons. The van der Waals surface area contributed by atoms with E-state index in [0.29, 0.717) is 6.54 Å². The molecule has 0 unspecified atom stereocenters. The molecule has 5 heteroatoms. The maximum atomic E-state index is 12.1. The third kappa shape index (κ3) is 3.92. The van der Waals surface area contributed by atoms with Crippen LogP contribution in [0.2, 0.25) is 0 Å². The molecule has 3 aromatic rings. The molecule has 0 N–H and O–H groups in total. The summed E-state index contributed by atoms with van der Waals surface area (Å²) in [6, 6.07) is 15.2. The maximum absolute atomic E-state index is 12.1. The molecule has 24 heavy (non-hydrogen) atoms. The van der Waals surface area contributed by atoms with Crippen molar-refractivity contribution >= 4 is 11.3 Å². The van der Waals surface area contributed by atoms with Crippen LogP contribution in [-0.2, 0) is 6.54 Å². The average molecular weight is 340 g/mol. The molecule has 0 spiro atoms. The molecule has 3 rings (SSSR count). The maximum Gasteiger partial charge on any atom is 0.267 e. The van der Waals surface area contributed by atoms with Crippen molar-refractivity contribution in [2.24, 2.45) is 0 Å². The molecule has 2 heterocycles. The molecular formula is C19H20N2O2S. The van der Waals surface area contributed by atoms with Gasteiger partial charge in [0.25, 0.3) is 5.56 Å². The third-order valence-electron chi connectivity index (χ3n) is 3.46. The monoisotopic (exact) mass is 340 g/mol. The van der Waals surface area contributed by atoms with Crippen LogP contribution in [0.4, 0.5) is 0 Å². The number of thiophene rings is 1. The Morgan fingerprint density at radius 2 is 2.00 bits per heavy atom. The Morgan fingerprint density at radius 1 is 1.17 bits per heavy atom. The molecule has 0 aliphatic carbocycles. The molecular weight excluding hydrogens is 320 g/mol. The summed E-state index contributed by atoms with van der Waals surface area (Å²) < 4.78 is 7.21. The van der Waals surface area contributed by atoms with Crippen LogP contribution in [-0.4, -0.2) is 15.9 Å². The third-order valence-corrected chi connectivity index (χ3v) is 4.49. The van der Waals surface area contributed by atoms with Crippen LogP contribution < -0.4 is 10.3 Å². The van der Waals surface area contributed by atoms with E-state index in [4.69, 9.17) is 4.74 Å². The smallest absolute Gasteiger partial charge is 0.267 e. The molecule has 1 aromatic carbocycles. The lowest BCUT2D eigenvalue weighted by Gasteiger charge is -2.11. The van der Waals surface area contributed by atoms with Gasteiger partial charge in [-0.1, -0.05) is 12.1 Å². The van der Waals surface area contributed by atoms with Crippen molar-refractivity contribution in [2.75, 3.05) is 0 Å². The largest absolute Gasteiger partial charge is 0.491 e. The van der Waals surface area contributed by atoms with Gasteiger partial charge in [-0.3, -0.25) is 4.79 Å². The number of ether oxygens (including phenoxy) is 1. The second kappa shape index (κ2) is 7.01. The molecule has 0 amide bonds. The molecule has 0 atom stereocenters. The highest BCUT2D eigenvalue weighted by molar-refractivity contribution is 7.15. The Kier molecular flexibility index (Phi) is 4.81. The summed E-state index contributed by atoms with van der Waals surface area (Å²) in [5.74, 6) is 0.806. The van der Waals surface area contributed by atoms with E-state index in [-0.39, 0.29) is 11.7 Å². The summed E-state index contributed by atoms with van der Waals surface area (Å²) in [6.45, 7) is 6.47. The first-order valence-electron chi connectivity index (χ1n) is 7.92. The summed E-state index contributed by atoms with van der Waals surface area (Å²) in [5, 5.41) is 4.52. The Labute approximate surface area is 145 Å². The van der Waals surface area contributed by atoms with Crippen molar-refractivity contribution in [3.63, 3.8) is 0 Å². The van der Waals surface area contributed by atoms with Gasteiger partial charge in [-0.25, -0.2) is 4.68 Å². The Bertz CT molecular complexity index is 896. The van der Waals surface area contributed by atoms with Gasteiger partial charge >= 0.3 is 0 Å². The minimum absolute atomic E-state index is 0.109. The van der Waals surface area contributed by atoms with Gasteiger partial charge in [-0.15, -0.1) is 11.3 Å². The van der Waals surface area contributed by atoms with Crippen LogP contribution in [0.5, 0.6) is 5.75 Å². The zero-order chi connectivity index (χ0) is 17.1. The van der Waals surface area contributed by atoms with Crippen molar-refractivity contribution in [1.29, 1.82) is 0 Å².